The number of para-hydroxylation sites is 1. The smallest absolute Gasteiger partial charge is 0.315 e. The van der Waals surface area contributed by atoms with E-state index in [0.717, 1.165) is 37.8 Å². The van der Waals surface area contributed by atoms with E-state index < -0.39 is 9.84 Å². The molecule has 2 fully saturated rings. The predicted octanol–water partition coefficient (Wildman–Crippen LogP) is 2.80. The first kappa shape index (κ1) is 20.8. The Morgan fingerprint density at radius 1 is 1.10 bits per heavy atom. The average molecular weight is 432 g/mol. The number of nitrogens with zero attached hydrogens (tertiary/aromatic N) is 3. The van der Waals surface area contributed by atoms with Gasteiger partial charge in [0.2, 0.25) is 9.84 Å². The van der Waals surface area contributed by atoms with Gasteiger partial charge in [0.25, 0.3) is 5.16 Å². The highest BCUT2D eigenvalue weighted by Gasteiger charge is 2.34. The van der Waals surface area contributed by atoms with Gasteiger partial charge < -0.3 is 10.6 Å². The fraction of sp³-hybridized carbons (Fsp3) is 0.571. The van der Waals surface area contributed by atoms with Gasteiger partial charge in [0.1, 0.15) is 5.82 Å². The number of nitrogens with one attached hydrogen (secondary N) is 2. The first-order valence-electron chi connectivity index (χ1n) is 10.7. The Hall–Kier alpha value is -2.42. The topological polar surface area (TPSA) is 106 Å². The van der Waals surface area contributed by atoms with Crippen LogP contribution in [-0.2, 0) is 9.84 Å². The number of benzene rings is 1. The van der Waals surface area contributed by atoms with Crippen LogP contribution in [0.1, 0.15) is 57.2 Å². The molecule has 0 radical (unpaired) electrons. The van der Waals surface area contributed by atoms with Crippen molar-refractivity contribution in [2.45, 2.75) is 62.6 Å². The van der Waals surface area contributed by atoms with E-state index in [1.165, 1.54) is 6.42 Å². The predicted molar refractivity (Wildman–Crippen MR) is 113 cm³/mol. The van der Waals surface area contributed by atoms with Crippen LogP contribution in [0.3, 0.4) is 0 Å². The number of carbonyl (C=O) groups excluding carboxylic acids is 1. The number of rotatable bonds is 7. The molecule has 30 heavy (non-hydrogen) atoms. The lowest BCUT2D eigenvalue weighted by molar-refractivity contribution is 0.222. The molecule has 0 spiro atoms. The number of amides is 2. The van der Waals surface area contributed by atoms with E-state index in [1.54, 1.807) is 4.57 Å². The molecule has 1 heterocycles. The maximum absolute atomic E-state index is 13.0. The first-order chi connectivity index (χ1) is 14.5. The Kier molecular flexibility index (Phi) is 6.08. The van der Waals surface area contributed by atoms with E-state index in [4.69, 9.17) is 0 Å². The minimum absolute atomic E-state index is 0.0235. The van der Waals surface area contributed by atoms with Crippen LogP contribution in [0.2, 0.25) is 0 Å². The van der Waals surface area contributed by atoms with Gasteiger partial charge in [-0.05, 0) is 43.7 Å². The molecule has 2 N–H and O–H groups in total. The van der Waals surface area contributed by atoms with Crippen LogP contribution < -0.4 is 10.6 Å². The molecule has 1 aromatic heterocycles. The molecular formula is C21H29N5O3S. The Morgan fingerprint density at radius 3 is 2.53 bits per heavy atom. The number of carbonyl (C=O) groups is 1. The van der Waals surface area contributed by atoms with Gasteiger partial charge in [-0.2, -0.15) is 0 Å². The fourth-order valence-electron chi connectivity index (χ4n) is 4.05. The van der Waals surface area contributed by atoms with Gasteiger partial charge >= 0.3 is 6.03 Å². The van der Waals surface area contributed by atoms with Crippen molar-refractivity contribution in [3.05, 3.63) is 36.2 Å². The maximum atomic E-state index is 13.0. The molecule has 0 aliphatic heterocycles. The van der Waals surface area contributed by atoms with Crippen LogP contribution in [0, 0.1) is 5.92 Å². The summed E-state index contributed by atoms with van der Waals surface area (Å²) < 4.78 is 27.7. The molecule has 2 amide bonds. The normalized spacial score (nSPS) is 21.9. The van der Waals surface area contributed by atoms with Crippen LogP contribution in [0.15, 0.2) is 35.5 Å². The quantitative estimate of drug-likeness (QED) is 0.701. The van der Waals surface area contributed by atoms with Gasteiger partial charge in [0, 0.05) is 24.2 Å². The molecule has 2 aromatic rings. The lowest BCUT2D eigenvalue weighted by Crippen LogP contribution is -2.47. The number of urea groups is 1. The number of aromatic nitrogens is 3. The largest absolute Gasteiger partial charge is 0.337 e. The van der Waals surface area contributed by atoms with Crippen molar-refractivity contribution in [1.29, 1.82) is 0 Å². The summed E-state index contributed by atoms with van der Waals surface area (Å²) in [7, 11) is -3.72. The van der Waals surface area contributed by atoms with Gasteiger partial charge in [0.05, 0.1) is 5.75 Å². The highest BCUT2D eigenvalue weighted by molar-refractivity contribution is 7.91. The molecule has 2 unspecified atom stereocenters. The third kappa shape index (κ3) is 4.66. The zero-order valence-electron chi connectivity index (χ0n) is 17.3. The van der Waals surface area contributed by atoms with Crippen LogP contribution in [0.5, 0.6) is 0 Å². The molecule has 162 valence electrons. The summed E-state index contributed by atoms with van der Waals surface area (Å²) in [6, 6.07) is 9.15. The van der Waals surface area contributed by atoms with Crippen LogP contribution in [-0.4, -0.2) is 47.6 Å². The van der Waals surface area contributed by atoms with Gasteiger partial charge in [-0.15, -0.1) is 10.2 Å². The number of sulfone groups is 1. The molecule has 2 saturated carbocycles. The second kappa shape index (κ2) is 8.75. The SMILES string of the molecule is CC1CCCCC1NC(=O)NCCS(=O)(=O)c1nnc(C2CC2)n1-c1ccccc1. The van der Waals surface area contributed by atoms with Crippen LogP contribution in [0.25, 0.3) is 5.69 Å². The monoisotopic (exact) mass is 431 g/mol. The van der Waals surface area contributed by atoms with Gasteiger partial charge in [-0.25, -0.2) is 13.2 Å². The fourth-order valence-corrected chi connectivity index (χ4v) is 5.24. The Bertz CT molecular complexity index is 985. The molecule has 4 rings (SSSR count). The van der Waals surface area contributed by atoms with E-state index in [9.17, 15) is 13.2 Å². The summed E-state index contributed by atoms with van der Waals surface area (Å²) in [6.07, 6.45) is 6.37. The van der Waals surface area contributed by atoms with E-state index in [1.807, 2.05) is 30.3 Å². The van der Waals surface area contributed by atoms with Crippen molar-refractivity contribution in [3.8, 4) is 5.69 Å². The molecule has 1 aromatic carbocycles. The van der Waals surface area contributed by atoms with Crippen molar-refractivity contribution in [2.75, 3.05) is 12.3 Å². The molecule has 8 nitrogen and oxygen atoms in total. The molecule has 2 atom stereocenters. The Morgan fingerprint density at radius 2 is 1.83 bits per heavy atom. The van der Waals surface area contributed by atoms with Crippen molar-refractivity contribution in [2.24, 2.45) is 5.92 Å². The first-order valence-corrected chi connectivity index (χ1v) is 12.4. The highest BCUT2D eigenvalue weighted by Crippen LogP contribution is 2.40. The molecule has 2 aliphatic rings. The summed E-state index contributed by atoms with van der Waals surface area (Å²) in [4.78, 5) is 12.2. The Labute approximate surface area is 177 Å². The van der Waals surface area contributed by atoms with E-state index in [2.05, 4.69) is 27.8 Å². The van der Waals surface area contributed by atoms with Crippen molar-refractivity contribution in [1.82, 2.24) is 25.4 Å². The highest BCUT2D eigenvalue weighted by atomic mass is 32.2. The van der Waals surface area contributed by atoms with E-state index >= 15 is 0 Å². The molecule has 2 aliphatic carbocycles. The number of hydrogen-bond acceptors (Lipinski definition) is 5. The average Bonchev–Trinajstić information content (AvgIpc) is 3.47. The van der Waals surface area contributed by atoms with Gasteiger partial charge in [-0.3, -0.25) is 4.57 Å². The Balaban J connectivity index is 1.42. The lowest BCUT2D eigenvalue weighted by atomic mass is 9.86. The summed E-state index contributed by atoms with van der Waals surface area (Å²) in [5, 5.41) is 13.8. The van der Waals surface area contributed by atoms with Crippen LogP contribution in [0.4, 0.5) is 4.79 Å². The summed E-state index contributed by atoms with van der Waals surface area (Å²) in [6.45, 7) is 2.16. The summed E-state index contributed by atoms with van der Waals surface area (Å²) >= 11 is 0. The van der Waals surface area contributed by atoms with Crippen LogP contribution >= 0.6 is 0 Å². The maximum Gasteiger partial charge on any atom is 0.315 e. The van der Waals surface area contributed by atoms with Crippen molar-refractivity contribution >= 4 is 15.9 Å². The van der Waals surface area contributed by atoms with Crippen molar-refractivity contribution < 1.29 is 13.2 Å². The standard InChI is InChI=1S/C21H29N5O3S/c1-15-7-5-6-10-18(15)23-20(27)22-13-14-30(28,29)21-25-24-19(16-11-12-16)26(21)17-8-3-2-4-9-17/h2-4,8-9,15-16,18H,5-7,10-14H2,1H3,(H2,22,23,27). The molecular weight excluding hydrogens is 402 g/mol. The van der Waals surface area contributed by atoms with Gasteiger partial charge in [0.15, 0.2) is 0 Å². The zero-order chi connectivity index (χ0) is 21.1. The lowest BCUT2D eigenvalue weighted by Gasteiger charge is -2.29. The minimum atomic E-state index is -3.72. The molecule has 0 bridgehead atoms. The second-order valence-corrected chi connectivity index (χ2v) is 10.4. The van der Waals surface area contributed by atoms with E-state index in [-0.39, 0.29) is 35.4 Å². The third-order valence-corrected chi connectivity index (χ3v) is 7.54. The molecule has 0 saturated heterocycles. The second-order valence-electron chi connectivity index (χ2n) is 8.37. The number of hydrogen-bond donors (Lipinski definition) is 2. The summed E-state index contributed by atoms with van der Waals surface area (Å²) in [5.74, 6) is 1.16. The summed E-state index contributed by atoms with van der Waals surface area (Å²) in [5.41, 5.74) is 0.736. The van der Waals surface area contributed by atoms with E-state index in [0.29, 0.717) is 11.7 Å². The zero-order valence-corrected chi connectivity index (χ0v) is 18.1. The third-order valence-electron chi connectivity index (χ3n) is 5.98. The minimum Gasteiger partial charge on any atom is -0.337 e. The molecule has 9 heteroatoms. The van der Waals surface area contributed by atoms with Gasteiger partial charge in [-0.1, -0.05) is 38.0 Å². The van der Waals surface area contributed by atoms with Crippen molar-refractivity contribution in [3.63, 3.8) is 0 Å².